The SMILES string of the molecule is O=C(c1cc(F)cc(F)c1)N1CCN([C@H]2CCS(=O)(=O)C2)CC1. The second-order valence-corrected chi connectivity index (χ2v) is 8.27. The summed E-state index contributed by atoms with van der Waals surface area (Å²) in [7, 11) is -2.93. The summed E-state index contributed by atoms with van der Waals surface area (Å²) in [6.07, 6.45) is 0.630. The van der Waals surface area contributed by atoms with E-state index in [1.807, 2.05) is 0 Å². The molecule has 1 aromatic rings. The van der Waals surface area contributed by atoms with E-state index < -0.39 is 27.4 Å². The summed E-state index contributed by atoms with van der Waals surface area (Å²) >= 11 is 0. The predicted octanol–water partition coefficient (Wildman–Crippen LogP) is 0.910. The summed E-state index contributed by atoms with van der Waals surface area (Å²) in [5, 5.41) is 0. The van der Waals surface area contributed by atoms with Gasteiger partial charge in [0.2, 0.25) is 0 Å². The van der Waals surface area contributed by atoms with Crippen LogP contribution in [0.2, 0.25) is 0 Å². The fourth-order valence-corrected chi connectivity index (χ4v) is 4.97. The van der Waals surface area contributed by atoms with Crippen molar-refractivity contribution in [2.45, 2.75) is 12.5 Å². The molecule has 2 saturated heterocycles. The van der Waals surface area contributed by atoms with Gasteiger partial charge < -0.3 is 4.90 Å². The van der Waals surface area contributed by atoms with Crippen molar-refractivity contribution in [2.24, 2.45) is 0 Å². The molecular weight excluding hydrogens is 326 g/mol. The maximum absolute atomic E-state index is 13.2. The van der Waals surface area contributed by atoms with Crippen molar-refractivity contribution in [1.82, 2.24) is 9.80 Å². The molecule has 0 N–H and O–H groups in total. The Kier molecular flexibility index (Phi) is 4.37. The summed E-state index contributed by atoms with van der Waals surface area (Å²) in [5.41, 5.74) is -0.000561. The van der Waals surface area contributed by atoms with Crippen LogP contribution in [0.3, 0.4) is 0 Å². The van der Waals surface area contributed by atoms with Crippen molar-refractivity contribution in [2.75, 3.05) is 37.7 Å². The van der Waals surface area contributed by atoms with Crippen molar-refractivity contribution in [3.63, 3.8) is 0 Å². The van der Waals surface area contributed by atoms with Crippen molar-refractivity contribution in [3.8, 4) is 0 Å². The van der Waals surface area contributed by atoms with Crippen LogP contribution in [-0.4, -0.2) is 67.9 Å². The van der Waals surface area contributed by atoms with Gasteiger partial charge in [0.15, 0.2) is 9.84 Å². The summed E-state index contributed by atoms with van der Waals surface area (Å²) in [6.45, 7) is 1.99. The average Bonchev–Trinajstić information content (AvgIpc) is 2.86. The van der Waals surface area contributed by atoms with E-state index in [1.54, 1.807) is 4.90 Å². The Morgan fingerprint density at radius 2 is 1.65 bits per heavy atom. The van der Waals surface area contributed by atoms with Gasteiger partial charge >= 0.3 is 0 Å². The molecule has 5 nitrogen and oxygen atoms in total. The van der Waals surface area contributed by atoms with Crippen LogP contribution >= 0.6 is 0 Å². The minimum Gasteiger partial charge on any atom is -0.336 e. The number of carbonyl (C=O) groups excluding carboxylic acids is 1. The first-order valence-corrected chi connectivity index (χ1v) is 9.36. The quantitative estimate of drug-likeness (QED) is 0.800. The van der Waals surface area contributed by atoms with Crippen LogP contribution in [0.4, 0.5) is 8.78 Å². The smallest absolute Gasteiger partial charge is 0.254 e. The molecule has 2 heterocycles. The molecule has 2 aliphatic heterocycles. The third kappa shape index (κ3) is 3.69. The Morgan fingerprint density at radius 1 is 1.04 bits per heavy atom. The van der Waals surface area contributed by atoms with Gasteiger partial charge in [-0.05, 0) is 18.6 Å². The molecule has 0 radical (unpaired) electrons. The van der Waals surface area contributed by atoms with E-state index in [1.165, 1.54) is 0 Å². The highest BCUT2D eigenvalue weighted by Gasteiger charge is 2.34. The average molecular weight is 344 g/mol. The van der Waals surface area contributed by atoms with Gasteiger partial charge in [-0.25, -0.2) is 17.2 Å². The maximum Gasteiger partial charge on any atom is 0.254 e. The number of rotatable bonds is 2. The molecule has 2 fully saturated rings. The van der Waals surface area contributed by atoms with Gasteiger partial charge in [0.25, 0.3) is 5.91 Å². The lowest BCUT2D eigenvalue weighted by atomic mass is 10.1. The molecule has 0 saturated carbocycles. The van der Waals surface area contributed by atoms with E-state index in [4.69, 9.17) is 0 Å². The van der Waals surface area contributed by atoms with E-state index in [0.29, 0.717) is 32.6 Å². The Labute approximate surface area is 133 Å². The number of nitrogens with zero attached hydrogens (tertiary/aromatic N) is 2. The molecule has 0 bridgehead atoms. The van der Waals surface area contributed by atoms with Crippen molar-refractivity contribution in [1.29, 1.82) is 0 Å². The third-order valence-corrected chi connectivity index (χ3v) is 6.19. The number of sulfone groups is 1. The highest BCUT2D eigenvalue weighted by molar-refractivity contribution is 7.91. The molecule has 8 heteroatoms. The molecule has 23 heavy (non-hydrogen) atoms. The Bertz CT molecular complexity index is 695. The van der Waals surface area contributed by atoms with Gasteiger partial charge in [0.1, 0.15) is 11.6 Å². The molecule has 2 aliphatic rings. The van der Waals surface area contributed by atoms with Crippen LogP contribution in [0.1, 0.15) is 16.8 Å². The van der Waals surface area contributed by atoms with Gasteiger partial charge in [-0.15, -0.1) is 0 Å². The fraction of sp³-hybridized carbons (Fsp3) is 0.533. The lowest BCUT2D eigenvalue weighted by Crippen LogP contribution is -2.52. The number of benzene rings is 1. The Morgan fingerprint density at radius 3 is 2.17 bits per heavy atom. The highest BCUT2D eigenvalue weighted by Crippen LogP contribution is 2.20. The van der Waals surface area contributed by atoms with Crippen molar-refractivity contribution >= 4 is 15.7 Å². The monoisotopic (exact) mass is 344 g/mol. The van der Waals surface area contributed by atoms with Crippen LogP contribution in [0, 0.1) is 11.6 Å². The van der Waals surface area contributed by atoms with Gasteiger partial charge in [-0.3, -0.25) is 9.69 Å². The molecule has 0 unspecified atom stereocenters. The molecule has 1 aromatic carbocycles. The van der Waals surface area contributed by atoms with E-state index in [0.717, 1.165) is 18.2 Å². The van der Waals surface area contributed by atoms with Crippen LogP contribution in [-0.2, 0) is 9.84 Å². The number of halogens is 2. The van der Waals surface area contributed by atoms with E-state index >= 15 is 0 Å². The lowest BCUT2D eigenvalue weighted by molar-refractivity contribution is 0.0587. The van der Waals surface area contributed by atoms with Gasteiger partial charge in [-0.2, -0.15) is 0 Å². The zero-order valence-corrected chi connectivity index (χ0v) is 13.4. The van der Waals surface area contributed by atoms with Crippen molar-refractivity contribution < 1.29 is 22.0 Å². The molecular formula is C15H18F2N2O3S. The summed E-state index contributed by atoms with van der Waals surface area (Å²) < 4.78 is 49.5. The second-order valence-electron chi connectivity index (χ2n) is 6.04. The molecule has 0 aliphatic carbocycles. The molecule has 3 rings (SSSR count). The maximum atomic E-state index is 13.2. The second kappa shape index (κ2) is 6.16. The minimum absolute atomic E-state index is 0.000561. The van der Waals surface area contributed by atoms with Crippen LogP contribution in [0.5, 0.6) is 0 Å². The molecule has 0 spiro atoms. The number of amides is 1. The number of hydrogen-bond acceptors (Lipinski definition) is 4. The number of hydrogen-bond donors (Lipinski definition) is 0. The van der Waals surface area contributed by atoms with Crippen molar-refractivity contribution in [3.05, 3.63) is 35.4 Å². The summed E-state index contributed by atoms with van der Waals surface area (Å²) in [5.74, 6) is -1.55. The molecule has 1 amide bonds. The zero-order chi connectivity index (χ0) is 16.6. The largest absolute Gasteiger partial charge is 0.336 e. The summed E-state index contributed by atoms with van der Waals surface area (Å²) in [6, 6.07) is 2.81. The normalized spacial score (nSPS) is 24.8. The van der Waals surface area contributed by atoms with Gasteiger partial charge in [0, 0.05) is 43.9 Å². The highest BCUT2D eigenvalue weighted by atomic mass is 32.2. The Balaban J connectivity index is 1.61. The molecule has 0 aromatic heterocycles. The van der Waals surface area contributed by atoms with Gasteiger partial charge in [-0.1, -0.05) is 0 Å². The van der Waals surface area contributed by atoms with Crippen LogP contribution in [0.15, 0.2) is 18.2 Å². The van der Waals surface area contributed by atoms with Crippen LogP contribution in [0.25, 0.3) is 0 Å². The predicted molar refractivity (Wildman–Crippen MR) is 80.9 cm³/mol. The van der Waals surface area contributed by atoms with E-state index in [9.17, 15) is 22.0 Å². The molecule has 1 atom stereocenters. The lowest BCUT2D eigenvalue weighted by Gasteiger charge is -2.37. The minimum atomic E-state index is -2.93. The van der Waals surface area contributed by atoms with E-state index in [-0.39, 0.29) is 23.1 Å². The zero-order valence-electron chi connectivity index (χ0n) is 12.5. The number of carbonyl (C=O) groups is 1. The Hall–Kier alpha value is -1.54. The first-order valence-electron chi connectivity index (χ1n) is 7.54. The topological polar surface area (TPSA) is 57.7 Å². The standard InChI is InChI=1S/C15H18F2N2O3S/c16-12-7-11(8-13(17)9-12)15(20)19-4-2-18(3-5-19)14-1-6-23(21,22)10-14/h7-9,14H,1-6,10H2/t14-/m0/s1. The first kappa shape index (κ1) is 16.3. The van der Waals surface area contributed by atoms with E-state index in [2.05, 4.69) is 4.90 Å². The fourth-order valence-electron chi connectivity index (χ4n) is 3.21. The molecule has 126 valence electrons. The first-order chi connectivity index (χ1) is 10.8. The third-order valence-electron chi connectivity index (χ3n) is 4.44. The van der Waals surface area contributed by atoms with Crippen LogP contribution < -0.4 is 0 Å². The van der Waals surface area contributed by atoms with Gasteiger partial charge in [0.05, 0.1) is 11.5 Å². The summed E-state index contributed by atoms with van der Waals surface area (Å²) in [4.78, 5) is 15.9. The number of piperazine rings is 1.